The van der Waals surface area contributed by atoms with Crippen molar-refractivity contribution in [1.82, 2.24) is 8.61 Å². The van der Waals surface area contributed by atoms with Crippen LogP contribution in [0.25, 0.3) is 0 Å². The van der Waals surface area contributed by atoms with Gasteiger partial charge in [0.15, 0.2) is 0 Å². The first-order chi connectivity index (χ1) is 9.79. The highest BCUT2D eigenvalue weighted by atomic mass is 35.5. The number of halogens is 1. The quantitative estimate of drug-likeness (QED) is 0.851. The number of benzene rings is 1. The van der Waals surface area contributed by atoms with E-state index in [1.54, 1.807) is 23.5 Å². The van der Waals surface area contributed by atoms with Crippen molar-refractivity contribution in [3.8, 4) is 0 Å². The molecule has 0 bridgehead atoms. The molecule has 1 heterocycles. The molecule has 0 amide bonds. The Bertz CT molecular complexity index is 581. The van der Waals surface area contributed by atoms with Gasteiger partial charge < -0.3 is 0 Å². The summed E-state index contributed by atoms with van der Waals surface area (Å²) >= 11 is 5.95. The lowest BCUT2D eigenvalue weighted by Crippen LogP contribution is -2.48. The van der Waals surface area contributed by atoms with Crippen LogP contribution in [-0.2, 0) is 16.8 Å². The molecule has 1 saturated heterocycles. The van der Waals surface area contributed by atoms with Crippen molar-refractivity contribution < 1.29 is 8.42 Å². The second-order valence-corrected chi connectivity index (χ2v) is 8.63. The molecule has 4 nitrogen and oxygen atoms in total. The Morgan fingerprint density at radius 2 is 1.90 bits per heavy atom. The van der Waals surface area contributed by atoms with Crippen molar-refractivity contribution in [2.24, 2.45) is 11.8 Å². The summed E-state index contributed by atoms with van der Waals surface area (Å²) in [7, 11) is -1.79. The van der Waals surface area contributed by atoms with Crippen molar-refractivity contribution in [2.75, 3.05) is 20.1 Å². The van der Waals surface area contributed by atoms with E-state index in [9.17, 15) is 8.42 Å². The number of nitrogens with zero attached hydrogens (tertiary/aromatic N) is 2. The van der Waals surface area contributed by atoms with Gasteiger partial charge in [0.2, 0.25) is 0 Å². The lowest BCUT2D eigenvalue weighted by atomic mass is 9.94. The molecule has 6 heteroatoms. The summed E-state index contributed by atoms with van der Waals surface area (Å²) in [4.78, 5) is 0. The maximum Gasteiger partial charge on any atom is 0.282 e. The molecule has 0 saturated carbocycles. The summed E-state index contributed by atoms with van der Waals surface area (Å²) in [5.41, 5.74) is 0.895. The first-order valence-corrected chi connectivity index (χ1v) is 9.02. The van der Waals surface area contributed by atoms with Crippen LogP contribution in [0.2, 0.25) is 5.02 Å². The van der Waals surface area contributed by atoms with E-state index in [0.717, 1.165) is 12.0 Å². The molecular weight excluding hydrogens is 308 g/mol. The van der Waals surface area contributed by atoms with E-state index in [0.29, 0.717) is 36.5 Å². The fraction of sp³-hybridized carbons (Fsp3) is 0.600. The van der Waals surface area contributed by atoms with E-state index in [2.05, 4.69) is 13.8 Å². The highest BCUT2D eigenvalue weighted by Gasteiger charge is 2.33. The zero-order chi connectivity index (χ0) is 15.6. The zero-order valence-electron chi connectivity index (χ0n) is 12.8. The van der Waals surface area contributed by atoms with Crippen LogP contribution < -0.4 is 0 Å². The SMILES string of the molecule is CC1CC(C)CN(S(=O)(=O)N(C)Cc2cccc(Cl)c2)C1. The third-order valence-electron chi connectivity index (χ3n) is 3.85. The molecular formula is C15H23ClN2O2S. The molecule has 0 radical (unpaired) electrons. The summed E-state index contributed by atoms with van der Waals surface area (Å²) in [6, 6.07) is 7.31. The molecule has 0 aliphatic carbocycles. The molecule has 1 aromatic rings. The van der Waals surface area contributed by atoms with E-state index < -0.39 is 10.2 Å². The third kappa shape index (κ3) is 4.19. The Kier molecular flexibility index (Phi) is 5.30. The van der Waals surface area contributed by atoms with Crippen molar-refractivity contribution in [3.05, 3.63) is 34.9 Å². The maximum absolute atomic E-state index is 12.7. The van der Waals surface area contributed by atoms with Gasteiger partial charge in [0.05, 0.1) is 0 Å². The average molecular weight is 331 g/mol. The minimum absolute atomic E-state index is 0.335. The second kappa shape index (κ2) is 6.65. The van der Waals surface area contributed by atoms with Crippen LogP contribution in [0.3, 0.4) is 0 Å². The van der Waals surface area contributed by atoms with Crippen LogP contribution in [-0.4, -0.2) is 37.2 Å². The molecule has 1 aromatic carbocycles. The highest BCUT2D eigenvalue weighted by molar-refractivity contribution is 7.86. The molecule has 0 N–H and O–H groups in total. The molecule has 21 heavy (non-hydrogen) atoms. The highest BCUT2D eigenvalue weighted by Crippen LogP contribution is 2.25. The summed E-state index contributed by atoms with van der Waals surface area (Å²) < 4.78 is 28.4. The van der Waals surface area contributed by atoms with Crippen molar-refractivity contribution in [2.45, 2.75) is 26.8 Å². The Balaban J connectivity index is 2.11. The van der Waals surface area contributed by atoms with Crippen molar-refractivity contribution >= 4 is 21.8 Å². The van der Waals surface area contributed by atoms with Gasteiger partial charge in [-0.15, -0.1) is 0 Å². The van der Waals surface area contributed by atoms with Gasteiger partial charge in [-0.3, -0.25) is 0 Å². The van der Waals surface area contributed by atoms with Gasteiger partial charge >= 0.3 is 0 Å². The fourth-order valence-corrected chi connectivity index (χ4v) is 4.77. The van der Waals surface area contributed by atoms with Gasteiger partial charge in [0.25, 0.3) is 10.2 Å². The number of hydrogen-bond acceptors (Lipinski definition) is 2. The van der Waals surface area contributed by atoms with Gasteiger partial charge in [-0.1, -0.05) is 37.6 Å². The normalized spacial score (nSPS) is 24.4. The zero-order valence-corrected chi connectivity index (χ0v) is 14.4. The summed E-state index contributed by atoms with van der Waals surface area (Å²) in [5.74, 6) is 0.811. The van der Waals surface area contributed by atoms with Crippen LogP contribution in [0.1, 0.15) is 25.8 Å². The first-order valence-electron chi connectivity index (χ1n) is 7.25. The van der Waals surface area contributed by atoms with E-state index in [4.69, 9.17) is 11.6 Å². The summed E-state index contributed by atoms with van der Waals surface area (Å²) in [5, 5.41) is 0.624. The van der Waals surface area contributed by atoms with Crippen LogP contribution >= 0.6 is 11.6 Å². The first kappa shape index (κ1) is 16.7. The Hall–Kier alpha value is -0.620. The van der Waals surface area contributed by atoms with Gasteiger partial charge in [0.1, 0.15) is 0 Å². The second-order valence-electron chi connectivity index (χ2n) is 6.16. The van der Waals surface area contributed by atoms with Gasteiger partial charge in [0, 0.05) is 31.7 Å². The smallest absolute Gasteiger partial charge is 0.195 e. The molecule has 1 aliphatic rings. The molecule has 2 rings (SSSR count). The summed E-state index contributed by atoms with van der Waals surface area (Å²) in [6.45, 7) is 5.76. The van der Waals surface area contributed by atoms with Crippen LogP contribution in [0, 0.1) is 11.8 Å². The van der Waals surface area contributed by atoms with Gasteiger partial charge in [-0.05, 0) is 36.0 Å². The molecule has 0 spiro atoms. The Morgan fingerprint density at radius 3 is 2.48 bits per heavy atom. The molecule has 2 unspecified atom stereocenters. The molecule has 1 aliphatic heterocycles. The molecule has 2 atom stereocenters. The molecule has 0 aromatic heterocycles. The number of rotatable bonds is 4. The topological polar surface area (TPSA) is 40.6 Å². The van der Waals surface area contributed by atoms with Crippen LogP contribution in [0.4, 0.5) is 0 Å². The summed E-state index contributed by atoms with van der Waals surface area (Å²) in [6.07, 6.45) is 1.09. The predicted molar refractivity (Wildman–Crippen MR) is 86.4 cm³/mol. The largest absolute Gasteiger partial charge is 0.282 e. The van der Waals surface area contributed by atoms with Crippen LogP contribution in [0.5, 0.6) is 0 Å². The fourth-order valence-electron chi connectivity index (χ4n) is 2.97. The van der Waals surface area contributed by atoms with E-state index in [1.807, 2.05) is 12.1 Å². The van der Waals surface area contributed by atoms with Gasteiger partial charge in [-0.25, -0.2) is 0 Å². The maximum atomic E-state index is 12.7. The number of hydrogen-bond donors (Lipinski definition) is 0. The minimum Gasteiger partial charge on any atom is -0.195 e. The Labute approximate surface area is 132 Å². The minimum atomic E-state index is -3.42. The average Bonchev–Trinajstić information content (AvgIpc) is 2.37. The Morgan fingerprint density at radius 1 is 1.29 bits per heavy atom. The van der Waals surface area contributed by atoms with Gasteiger partial charge in [-0.2, -0.15) is 17.0 Å². The lowest BCUT2D eigenvalue weighted by Gasteiger charge is -2.36. The predicted octanol–water partition coefficient (Wildman–Crippen LogP) is 2.99. The van der Waals surface area contributed by atoms with E-state index >= 15 is 0 Å². The van der Waals surface area contributed by atoms with E-state index in [1.165, 1.54) is 4.31 Å². The third-order valence-corrected chi connectivity index (χ3v) is 5.95. The lowest BCUT2D eigenvalue weighted by molar-refractivity contribution is 0.211. The van der Waals surface area contributed by atoms with Crippen molar-refractivity contribution in [1.29, 1.82) is 0 Å². The van der Waals surface area contributed by atoms with Crippen LogP contribution in [0.15, 0.2) is 24.3 Å². The standard InChI is InChI=1S/C15H23ClN2O2S/c1-12-7-13(2)10-18(9-12)21(19,20)17(3)11-14-5-4-6-15(16)8-14/h4-6,8,12-13H,7,9-11H2,1-3H3. The molecule has 1 fully saturated rings. The molecule has 118 valence electrons. The monoisotopic (exact) mass is 330 g/mol. The van der Waals surface area contributed by atoms with E-state index in [-0.39, 0.29) is 0 Å². The van der Waals surface area contributed by atoms with Crippen molar-refractivity contribution in [3.63, 3.8) is 0 Å². The number of piperidine rings is 1.